The summed E-state index contributed by atoms with van der Waals surface area (Å²) in [5.41, 5.74) is 2.20. The van der Waals surface area contributed by atoms with E-state index < -0.39 is 0 Å². The van der Waals surface area contributed by atoms with Crippen molar-refractivity contribution in [1.29, 1.82) is 0 Å². The smallest absolute Gasteiger partial charge is 0.286 e. The summed E-state index contributed by atoms with van der Waals surface area (Å²) in [6.07, 6.45) is 3.58. The molecule has 4 rings (SSSR count). The zero-order valence-corrected chi connectivity index (χ0v) is 17.7. The van der Waals surface area contributed by atoms with Gasteiger partial charge >= 0.3 is 0 Å². The van der Waals surface area contributed by atoms with E-state index in [4.69, 9.17) is 4.74 Å². The van der Waals surface area contributed by atoms with Crippen molar-refractivity contribution in [2.24, 2.45) is 4.99 Å². The molecule has 1 fully saturated rings. The summed E-state index contributed by atoms with van der Waals surface area (Å²) in [7, 11) is 0. The number of thioether (sulfide) groups is 1. The van der Waals surface area contributed by atoms with E-state index in [1.165, 1.54) is 17.3 Å². The van der Waals surface area contributed by atoms with Crippen LogP contribution >= 0.6 is 11.8 Å². The Balaban J connectivity index is 1.37. The number of aliphatic imine (C=N–C) groups is 1. The van der Waals surface area contributed by atoms with Crippen LogP contribution in [-0.2, 0) is 11.3 Å². The van der Waals surface area contributed by atoms with Crippen LogP contribution in [0.1, 0.15) is 11.1 Å². The van der Waals surface area contributed by atoms with Gasteiger partial charge in [0.15, 0.2) is 5.17 Å². The lowest BCUT2D eigenvalue weighted by Crippen LogP contribution is -2.47. The zero-order valence-electron chi connectivity index (χ0n) is 16.9. The fourth-order valence-electron chi connectivity index (χ4n) is 3.49. The monoisotopic (exact) mass is 419 g/mol. The number of benzene rings is 2. The molecule has 30 heavy (non-hydrogen) atoms. The fraction of sp³-hybridized carbons (Fsp3) is 0.250. The van der Waals surface area contributed by atoms with Crippen LogP contribution in [0.3, 0.4) is 0 Å². The number of nitrogens with zero attached hydrogens (tertiary/aromatic N) is 3. The van der Waals surface area contributed by atoms with Gasteiger partial charge in [0.2, 0.25) is 0 Å². The van der Waals surface area contributed by atoms with E-state index >= 15 is 0 Å². The molecule has 2 heterocycles. The minimum absolute atomic E-state index is 0.180. The van der Waals surface area contributed by atoms with Gasteiger partial charge in [-0.25, -0.2) is 0 Å². The molecule has 0 saturated carbocycles. The number of para-hydroxylation sites is 1. The standard InChI is InChI=1S/C24H25N3O2S/c1-2-16-29-21-11-7-6-10-20(21)17-22-23(28)25-24(30-22)27-14-12-26(13-15-27)18-19-8-4-3-5-9-19/h2-11,17H,1,12-16,18H2/b22-17-. The van der Waals surface area contributed by atoms with Crippen molar-refractivity contribution in [3.8, 4) is 5.75 Å². The van der Waals surface area contributed by atoms with E-state index in [1.807, 2.05) is 36.4 Å². The maximum atomic E-state index is 12.5. The minimum atomic E-state index is -0.180. The number of ether oxygens (including phenoxy) is 1. The summed E-state index contributed by atoms with van der Waals surface area (Å²) < 4.78 is 5.70. The maximum absolute atomic E-state index is 12.5. The molecule has 154 valence electrons. The number of amidine groups is 1. The fourth-order valence-corrected chi connectivity index (χ4v) is 4.45. The normalized spacial score (nSPS) is 18.5. The van der Waals surface area contributed by atoms with Gasteiger partial charge in [-0.2, -0.15) is 4.99 Å². The lowest BCUT2D eigenvalue weighted by atomic mass is 10.2. The van der Waals surface area contributed by atoms with Gasteiger partial charge in [0.25, 0.3) is 5.91 Å². The molecule has 5 nitrogen and oxygen atoms in total. The topological polar surface area (TPSA) is 45.1 Å². The number of carbonyl (C=O) groups excluding carboxylic acids is 1. The molecule has 0 spiro atoms. The van der Waals surface area contributed by atoms with Gasteiger partial charge < -0.3 is 9.64 Å². The van der Waals surface area contributed by atoms with Gasteiger partial charge in [-0.3, -0.25) is 9.69 Å². The predicted octanol–water partition coefficient (Wildman–Crippen LogP) is 4.04. The first kappa shape index (κ1) is 20.4. The van der Waals surface area contributed by atoms with Gasteiger partial charge in [0.05, 0.1) is 4.91 Å². The molecule has 0 unspecified atom stereocenters. The van der Waals surface area contributed by atoms with Crippen molar-refractivity contribution < 1.29 is 9.53 Å². The number of rotatable bonds is 6. The highest BCUT2D eigenvalue weighted by molar-refractivity contribution is 8.18. The van der Waals surface area contributed by atoms with Crippen molar-refractivity contribution in [3.63, 3.8) is 0 Å². The Morgan fingerprint density at radius 1 is 1.03 bits per heavy atom. The molecule has 0 N–H and O–H groups in total. The number of piperazine rings is 1. The minimum Gasteiger partial charge on any atom is -0.489 e. The molecular formula is C24H25N3O2S. The van der Waals surface area contributed by atoms with E-state index in [0.29, 0.717) is 11.5 Å². The first-order valence-corrected chi connectivity index (χ1v) is 10.9. The summed E-state index contributed by atoms with van der Waals surface area (Å²) in [6, 6.07) is 18.2. The Morgan fingerprint density at radius 2 is 1.77 bits per heavy atom. The van der Waals surface area contributed by atoms with Crippen molar-refractivity contribution in [2.45, 2.75) is 6.54 Å². The van der Waals surface area contributed by atoms with Crippen molar-refractivity contribution in [2.75, 3.05) is 32.8 Å². The number of carbonyl (C=O) groups is 1. The SMILES string of the molecule is C=CCOc1ccccc1/C=C1\SC(N2CCN(Cc3ccccc3)CC2)=NC1=O. The van der Waals surface area contributed by atoms with Crippen LogP contribution < -0.4 is 4.74 Å². The molecule has 0 aromatic heterocycles. The third kappa shape index (κ3) is 5.01. The molecule has 1 saturated heterocycles. The second-order valence-corrected chi connectivity index (χ2v) is 8.21. The molecule has 2 aromatic carbocycles. The van der Waals surface area contributed by atoms with Crippen molar-refractivity contribution in [3.05, 3.63) is 83.3 Å². The van der Waals surface area contributed by atoms with Crippen LogP contribution in [0.15, 0.2) is 77.1 Å². The van der Waals surface area contributed by atoms with Gasteiger partial charge in [-0.05, 0) is 29.5 Å². The van der Waals surface area contributed by atoms with Gasteiger partial charge in [0.1, 0.15) is 12.4 Å². The Hall–Kier alpha value is -2.83. The Morgan fingerprint density at radius 3 is 2.53 bits per heavy atom. The second-order valence-electron chi connectivity index (χ2n) is 7.20. The highest BCUT2D eigenvalue weighted by Crippen LogP contribution is 2.32. The second kappa shape index (κ2) is 9.78. The average molecular weight is 420 g/mol. The van der Waals surface area contributed by atoms with E-state index in [1.54, 1.807) is 6.08 Å². The third-order valence-electron chi connectivity index (χ3n) is 5.06. The largest absolute Gasteiger partial charge is 0.489 e. The third-order valence-corrected chi connectivity index (χ3v) is 6.11. The molecule has 0 radical (unpaired) electrons. The molecule has 0 bridgehead atoms. The summed E-state index contributed by atoms with van der Waals surface area (Å²) >= 11 is 1.45. The van der Waals surface area contributed by atoms with Crippen LogP contribution in [0.5, 0.6) is 5.75 Å². The zero-order chi connectivity index (χ0) is 20.8. The van der Waals surface area contributed by atoms with E-state index in [-0.39, 0.29) is 5.91 Å². The molecule has 2 aliphatic rings. The van der Waals surface area contributed by atoms with Crippen molar-refractivity contribution in [1.82, 2.24) is 9.80 Å². The van der Waals surface area contributed by atoms with E-state index in [9.17, 15) is 4.79 Å². The molecule has 2 aromatic rings. The van der Waals surface area contributed by atoms with Crippen LogP contribution in [0, 0.1) is 0 Å². The number of amides is 1. The highest BCUT2D eigenvalue weighted by Gasteiger charge is 2.28. The lowest BCUT2D eigenvalue weighted by molar-refractivity contribution is -0.113. The molecule has 0 atom stereocenters. The molecular weight excluding hydrogens is 394 g/mol. The predicted molar refractivity (Wildman–Crippen MR) is 123 cm³/mol. The van der Waals surface area contributed by atoms with E-state index in [2.05, 4.69) is 45.6 Å². The average Bonchev–Trinajstić information content (AvgIpc) is 3.14. The summed E-state index contributed by atoms with van der Waals surface area (Å²) in [4.78, 5) is 22.1. The molecule has 2 aliphatic heterocycles. The van der Waals surface area contributed by atoms with Crippen molar-refractivity contribution >= 4 is 28.9 Å². The summed E-state index contributed by atoms with van der Waals surface area (Å²) in [5.74, 6) is 0.557. The Labute approximate surface area is 181 Å². The maximum Gasteiger partial charge on any atom is 0.286 e. The van der Waals surface area contributed by atoms with Gasteiger partial charge in [0, 0.05) is 38.3 Å². The Bertz CT molecular complexity index is 963. The lowest BCUT2D eigenvalue weighted by Gasteiger charge is -2.35. The van der Waals surface area contributed by atoms with Crippen LogP contribution in [0.25, 0.3) is 6.08 Å². The van der Waals surface area contributed by atoms with Crippen LogP contribution in [0.2, 0.25) is 0 Å². The van der Waals surface area contributed by atoms with Crippen LogP contribution in [-0.4, -0.2) is 53.7 Å². The number of hydrogen-bond donors (Lipinski definition) is 0. The quantitative estimate of drug-likeness (QED) is 0.522. The number of hydrogen-bond acceptors (Lipinski definition) is 5. The summed E-state index contributed by atoms with van der Waals surface area (Å²) in [5, 5.41) is 0.801. The summed E-state index contributed by atoms with van der Waals surface area (Å²) in [6.45, 7) is 8.73. The van der Waals surface area contributed by atoms with Gasteiger partial charge in [-0.15, -0.1) is 0 Å². The van der Waals surface area contributed by atoms with Crippen LogP contribution in [0.4, 0.5) is 0 Å². The highest BCUT2D eigenvalue weighted by atomic mass is 32.2. The van der Waals surface area contributed by atoms with Gasteiger partial charge in [-0.1, -0.05) is 61.2 Å². The molecule has 1 amide bonds. The Kier molecular flexibility index (Phi) is 6.67. The molecule has 6 heteroatoms. The first-order valence-electron chi connectivity index (χ1n) is 10.1. The van der Waals surface area contributed by atoms with E-state index in [0.717, 1.165) is 49.2 Å². The molecule has 0 aliphatic carbocycles. The first-order chi connectivity index (χ1) is 14.7.